The van der Waals surface area contributed by atoms with E-state index in [-0.39, 0.29) is 30.9 Å². The summed E-state index contributed by atoms with van der Waals surface area (Å²) in [6.07, 6.45) is 3.90. The van der Waals surface area contributed by atoms with Crippen LogP contribution in [-0.4, -0.2) is 35.8 Å². The quantitative estimate of drug-likeness (QED) is 0.253. The van der Waals surface area contributed by atoms with Crippen molar-refractivity contribution in [2.24, 2.45) is 0 Å². The van der Waals surface area contributed by atoms with E-state index in [1.807, 2.05) is 42.1 Å². The molecule has 5 nitrogen and oxygen atoms in total. The van der Waals surface area contributed by atoms with Gasteiger partial charge < -0.3 is 19.1 Å². The van der Waals surface area contributed by atoms with Crippen molar-refractivity contribution in [2.75, 3.05) is 6.79 Å². The van der Waals surface area contributed by atoms with Gasteiger partial charge in [-0.1, -0.05) is 42.5 Å². The maximum Gasteiger partial charge on any atom is 0.254 e. The van der Waals surface area contributed by atoms with E-state index in [2.05, 4.69) is 59.5 Å². The Morgan fingerprint density at radius 3 is 2.42 bits per heavy atom. The lowest BCUT2D eigenvalue weighted by Gasteiger charge is -2.39. The maximum atomic E-state index is 13.5. The van der Waals surface area contributed by atoms with E-state index >= 15 is 0 Å². The van der Waals surface area contributed by atoms with Gasteiger partial charge in [-0.05, 0) is 65.6 Å². The average Bonchev–Trinajstić information content (AvgIpc) is 3.53. The largest absolute Gasteiger partial charge is 0.490 e. The molecule has 0 radical (unpaired) electrons. The zero-order valence-corrected chi connectivity index (χ0v) is 21.9. The van der Waals surface area contributed by atoms with Crippen molar-refractivity contribution in [2.45, 2.75) is 54.5 Å². The van der Waals surface area contributed by atoms with Crippen molar-refractivity contribution < 1.29 is 19.0 Å². The van der Waals surface area contributed by atoms with Gasteiger partial charge in [0.2, 0.25) is 6.79 Å². The predicted molar refractivity (Wildman–Crippen MR) is 149 cm³/mol. The third-order valence-corrected chi connectivity index (χ3v) is 8.96. The molecule has 2 bridgehead atoms. The highest BCUT2D eigenvalue weighted by molar-refractivity contribution is 7.98. The first kappa shape index (κ1) is 23.5. The number of ether oxygens (including phenoxy) is 3. The molecule has 0 unspecified atom stereocenters. The highest BCUT2D eigenvalue weighted by Crippen LogP contribution is 2.40. The second kappa shape index (κ2) is 9.91. The maximum absolute atomic E-state index is 13.5. The van der Waals surface area contributed by atoms with Crippen LogP contribution in [0.4, 0.5) is 0 Å². The lowest BCUT2D eigenvalue weighted by Crippen LogP contribution is -2.49. The van der Waals surface area contributed by atoms with Crippen LogP contribution < -0.4 is 14.2 Å². The predicted octanol–water partition coefficient (Wildman–Crippen LogP) is 7.08. The molecule has 7 rings (SSSR count). The molecule has 2 saturated heterocycles. The van der Waals surface area contributed by atoms with Crippen molar-refractivity contribution in [3.05, 3.63) is 96.1 Å². The fourth-order valence-corrected chi connectivity index (χ4v) is 6.91. The molecule has 0 aromatic heterocycles. The third-order valence-electron chi connectivity index (χ3n) is 7.90. The summed E-state index contributed by atoms with van der Waals surface area (Å²) in [5, 5.41) is 2.52. The van der Waals surface area contributed by atoms with Crippen LogP contribution in [0.25, 0.3) is 10.8 Å². The van der Waals surface area contributed by atoms with Gasteiger partial charge in [-0.3, -0.25) is 4.79 Å². The van der Waals surface area contributed by atoms with Crippen molar-refractivity contribution in [1.82, 2.24) is 4.90 Å². The summed E-state index contributed by atoms with van der Waals surface area (Å²) in [5.41, 5.74) is 2.00. The first-order chi connectivity index (χ1) is 18.7. The zero-order chi connectivity index (χ0) is 25.5. The Bertz CT molecular complexity index is 1470. The van der Waals surface area contributed by atoms with E-state index in [4.69, 9.17) is 14.2 Å². The summed E-state index contributed by atoms with van der Waals surface area (Å²) in [6, 6.07) is 29.4. The Balaban J connectivity index is 0.973. The number of hydrogen-bond donors (Lipinski definition) is 0. The first-order valence-corrected chi connectivity index (χ1v) is 14.3. The van der Waals surface area contributed by atoms with Crippen molar-refractivity contribution in [3.63, 3.8) is 0 Å². The first-order valence-electron chi connectivity index (χ1n) is 13.3. The topological polar surface area (TPSA) is 48.0 Å². The number of fused-ring (bicyclic) bond motifs is 4. The van der Waals surface area contributed by atoms with E-state index in [0.717, 1.165) is 54.2 Å². The van der Waals surface area contributed by atoms with Crippen LogP contribution in [0.1, 0.15) is 41.6 Å². The minimum atomic E-state index is 0.103. The standard InChI is InChI=1S/C32H29NO4S/c34-32(23-7-5-21(6-8-23)19-38-29-13-9-22-3-1-2-4-24(22)15-29)33-25-10-11-26(33)17-28(16-25)37-27-12-14-30-31(18-27)36-20-35-30/h1-9,12-15,18,25-26,28H,10-11,16-17,19-20H2/t25-,26-/m0/s1. The molecule has 0 saturated carbocycles. The Hall–Kier alpha value is -3.64. The van der Waals surface area contributed by atoms with Crippen LogP contribution in [0.2, 0.25) is 0 Å². The van der Waals surface area contributed by atoms with Crippen LogP contribution in [0.15, 0.2) is 89.8 Å². The van der Waals surface area contributed by atoms with Crippen LogP contribution in [0, 0.1) is 0 Å². The number of benzene rings is 4. The van der Waals surface area contributed by atoms with Gasteiger partial charge in [0.15, 0.2) is 11.5 Å². The Morgan fingerprint density at radius 2 is 1.61 bits per heavy atom. The summed E-state index contributed by atoms with van der Waals surface area (Å²) < 4.78 is 17.2. The monoisotopic (exact) mass is 523 g/mol. The lowest BCUT2D eigenvalue weighted by molar-refractivity contribution is 0.0358. The molecular weight excluding hydrogens is 494 g/mol. The smallest absolute Gasteiger partial charge is 0.254 e. The molecule has 0 N–H and O–H groups in total. The summed E-state index contributed by atoms with van der Waals surface area (Å²) in [4.78, 5) is 16.9. The van der Waals surface area contributed by atoms with Crippen LogP contribution in [-0.2, 0) is 5.75 Å². The van der Waals surface area contributed by atoms with Crippen LogP contribution >= 0.6 is 11.8 Å². The van der Waals surface area contributed by atoms with Crippen LogP contribution in [0.5, 0.6) is 17.2 Å². The van der Waals surface area contributed by atoms with Gasteiger partial charge in [-0.25, -0.2) is 0 Å². The Kier molecular flexibility index (Phi) is 6.12. The lowest BCUT2D eigenvalue weighted by atomic mass is 9.98. The number of thioether (sulfide) groups is 1. The van der Waals surface area contributed by atoms with Crippen molar-refractivity contribution in [1.29, 1.82) is 0 Å². The summed E-state index contributed by atoms with van der Waals surface area (Å²) in [7, 11) is 0. The van der Waals surface area contributed by atoms with E-state index < -0.39 is 0 Å². The number of piperidine rings is 1. The number of nitrogens with zero attached hydrogens (tertiary/aromatic N) is 1. The van der Waals surface area contributed by atoms with E-state index in [1.54, 1.807) is 0 Å². The van der Waals surface area contributed by atoms with Gasteiger partial charge in [-0.2, -0.15) is 0 Å². The number of rotatable bonds is 6. The van der Waals surface area contributed by atoms with Gasteiger partial charge in [0.25, 0.3) is 5.91 Å². The summed E-state index contributed by atoms with van der Waals surface area (Å²) in [6.45, 7) is 0.258. The number of carbonyl (C=O) groups excluding carboxylic acids is 1. The zero-order valence-electron chi connectivity index (χ0n) is 21.0. The molecule has 0 aliphatic carbocycles. The molecule has 0 spiro atoms. The Morgan fingerprint density at radius 1 is 0.842 bits per heavy atom. The minimum Gasteiger partial charge on any atom is -0.490 e. The van der Waals surface area contributed by atoms with Gasteiger partial charge in [-0.15, -0.1) is 11.8 Å². The summed E-state index contributed by atoms with van der Waals surface area (Å²) in [5.74, 6) is 3.32. The molecule has 2 atom stereocenters. The van der Waals surface area contributed by atoms with E-state index in [1.165, 1.54) is 21.2 Å². The van der Waals surface area contributed by atoms with Crippen LogP contribution in [0.3, 0.4) is 0 Å². The molecular formula is C32H29NO4S. The van der Waals surface area contributed by atoms with Gasteiger partial charge in [0, 0.05) is 47.2 Å². The fourth-order valence-electron chi connectivity index (χ4n) is 6.01. The SMILES string of the molecule is O=C(c1ccc(CSc2ccc3ccccc3c2)cc1)N1[C@H]2CC[C@H]1CC(Oc1ccc3c(c1)OCO3)C2. The van der Waals surface area contributed by atoms with Crippen molar-refractivity contribution in [3.8, 4) is 17.2 Å². The molecule has 38 heavy (non-hydrogen) atoms. The summed E-state index contributed by atoms with van der Waals surface area (Å²) >= 11 is 1.82. The molecule has 3 heterocycles. The second-order valence-electron chi connectivity index (χ2n) is 10.3. The molecule has 4 aromatic carbocycles. The van der Waals surface area contributed by atoms with Crippen molar-refractivity contribution >= 4 is 28.4 Å². The molecule has 4 aromatic rings. The van der Waals surface area contributed by atoms with Gasteiger partial charge in [0.1, 0.15) is 11.9 Å². The molecule has 2 fully saturated rings. The molecule has 3 aliphatic heterocycles. The van der Waals surface area contributed by atoms with E-state index in [0.29, 0.717) is 0 Å². The molecule has 1 amide bonds. The highest BCUT2D eigenvalue weighted by atomic mass is 32.2. The van der Waals surface area contributed by atoms with Gasteiger partial charge in [0.05, 0.1) is 0 Å². The molecule has 6 heteroatoms. The van der Waals surface area contributed by atoms with E-state index in [9.17, 15) is 4.79 Å². The third kappa shape index (κ3) is 4.58. The minimum absolute atomic E-state index is 0.103. The molecule has 192 valence electrons. The highest BCUT2D eigenvalue weighted by Gasteiger charge is 2.44. The normalized spacial score (nSPS) is 21.6. The number of carbonyl (C=O) groups is 1. The molecule has 3 aliphatic rings. The average molecular weight is 524 g/mol. The number of amides is 1. The number of hydrogen-bond acceptors (Lipinski definition) is 5. The second-order valence-corrected chi connectivity index (χ2v) is 11.4. The Labute approximate surface area is 226 Å². The fraction of sp³-hybridized carbons (Fsp3) is 0.281. The van der Waals surface area contributed by atoms with Gasteiger partial charge >= 0.3 is 0 Å².